The summed E-state index contributed by atoms with van der Waals surface area (Å²) in [6, 6.07) is 9.44. The lowest BCUT2D eigenvalue weighted by atomic mass is 9.94. The number of aryl methyl sites for hydroxylation is 1. The van der Waals surface area contributed by atoms with Gasteiger partial charge in [0, 0.05) is 19.3 Å². The Balaban J connectivity index is 1.42. The number of carbonyl (C=O) groups excluding carboxylic acids is 1. The highest BCUT2D eigenvalue weighted by Crippen LogP contribution is 2.33. The molecule has 6 nitrogen and oxygen atoms in total. The van der Waals surface area contributed by atoms with Gasteiger partial charge in [-0.3, -0.25) is 9.20 Å². The molecular formula is C26H21F5N4O2. The van der Waals surface area contributed by atoms with Crippen LogP contribution in [0.1, 0.15) is 44.5 Å². The van der Waals surface area contributed by atoms with Crippen LogP contribution in [-0.4, -0.2) is 21.8 Å². The number of nitrogens with zero attached hydrogens (tertiary/aromatic N) is 2. The summed E-state index contributed by atoms with van der Waals surface area (Å²) in [6.07, 6.45) is -2.93. The Kier molecular flexibility index (Phi) is 6.32. The first-order chi connectivity index (χ1) is 17.6. The molecule has 37 heavy (non-hydrogen) atoms. The van der Waals surface area contributed by atoms with Crippen LogP contribution >= 0.6 is 0 Å². The summed E-state index contributed by atoms with van der Waals surface area (Å²) in [5.41, 5.74) is 0.789. The van der Waals surface area contributed by atoms with Crippen molar-refractivity contribution in [3.63, 3.8) is 0 Å². The fourth-order valence-electron chi connectivity index (χ4n) is 4.44. The first-order valence-corrected chi connectivity index (χ1v) is 11.4. The Hall–Kier alpha value is -3.99. The van der Waals surface area contributed by atoms with E-state index in [1.165, 1.54) is 16.5 Å². The van der Waals surface area contributed by atoms with Crippen molar-refractivity contribution in [1.29, 1.82) is 0 Å². The molecule has 0 saturated heterocycles. The Morgan fingerprint density at radius 2 is 1.92 bits per heavy atom. The van der Waals surface area contributed by atoms with Gasteiger partial charge in [-0.05, 0) is 54.4 Å². The summed E-state index contributed by atoms with van der Waals surface area (Å²) in [5, 5.41) is 5.91. The molecule has 1 unspecified atom stereocenters. The molecule has 4 aromatic rings. The van der Waals surface area contributed by atoms with Crippen LogP contribution in [-0.2, 0) is 19.3 Å². The highest BCUT2D eigenvalue weighted by atomic mass is 19.4. The van der Waals surface area contributed by atoms with E-state index in [0.29, 0.717) is 23.4 Å². The van der Waals surface area contributed by atoms with Gasteiger partial charge in [-0.1, -0.05) is 12.1 Å². The molecule has 0 fully saturated rings. The number of fused-ring (bicyclic) bond motifs is 2. The number of amides is 1. The Bertz CT molecular complexity index is 1480. The third-order valence-corrected chi connectivity index (χ3v) is 6.26. The third-order valence-electron chi connectivity index (χ3n) is 6.26. The first kappa shape index (κ1) is 24.7. The monoisotopic (exact) mass is 516 g/mol. The smallest absolute Gasteiger partial charge is 0.416 e. The quantitative estimate of drug-likeness (QED) is 0.363. The number of hydrogen-bond acceptors (Lipinski definition) is 4. The molecule has 1 aliphatic rings. The van der Waals surface area contributed by atoms with Crippen LogP contribution in [0.2, 0.25) is 0 Å². The van der Waals surface area contributed by atoms with Crippen LogP contribution in [0.3, 0.4) is 0 Å². The second-order valence-electron chi connectivity index (χ2n) is 8.67. The number of carbonyl (C=O) groups is 1. The van der Waals surface area contributed by atoms with Crippen LogP contribution in [0.5, 0.6) is 5.75 Å². The molecule has 0 aliphatic carbocycles. The highest BCUT2D eigenvalue weighted by Gasteiger charge is 2.33. The zero-order valence-corrected chi connectivity index (χ0v) is 19.5. The van der Waals surface area contributed by atoms with Crippen molar-refractivity contribution in [2.45, 2.75) is 32.3 Å². The molecule has 5 rings (SSSR count). The van der Waals surface area contributed by atoms with Gasteiger partial charge in [-0.25, -0.2) is 13.8 Å². The van der Waals surface area contributed by atoms with Crippen molar-refractivity contribution < 1.29 is 31.5 Å². The van der Waals surface area contributed by atoms with Gasteiger partial charge in [0.2, 0.25) is 0 Å². The van der Waals surface area contributed by atoms with Gasteiger partial charge in [0.15, 0.2) is 11.4 Å². The van der Waals surface area contributed by atoms with E-state index >= 15 is 0 Å². The zero-order chi connectivity index (χ0) is 26.3. The average Bonchev–Trinajstić information content (AvgIpc) is 3.19. The van der Waals surface area contributed by atoms with E-state index < -0.39 is 41.9 Å². The zero-order valence-electron chi connectivity index (χ0n) is 19.5. The average molecular weight is 516 g/mol. The summed E-state index contributed by atoms with van der Waals surface area (Å²) >= 11 is 0. The van der Waals surface area contributed by atoms with Gasteiger partial charge in [0.05, 0.1) is 22.9 Å². The SMILES string of the molecule is Cc1nc2c(OCc3c(F)cccc3F)cccn2c1C(=O)NC1CNCc2ccc(C(F)(F)F)cc21. The summed E-state index contributed by atoms with van der Waals surface area (Å²) in [7, 11) is 0. The molecule has 2 N–H and O–H groups in total. The van der Waals surface area contributed by atoms with Crippen LogP contribution in [0.15, 0.2) is 54.7 Å². The number of imidazole rings is 1. The molecule has 3 heterocycles. The minimum absolute atomic E-state index is 0.164. The van der Waals surface area contributed by atoms with Crippen molar-refractivity contribution in [3.05, 3.63) is 100 Å². The fourth-order valence-corrected chi connectivity index (χ4v) is 4.44. The number of aromatic nitrogens is 2. The van der Waals surface area contributed by atoms with E-state index in [1.807, 2.05) is 0 Å². The van der Waals surface area contributed by atoms with E-state index in [2.05, 4.69) is 15.6 Å². The second-order valence-corrected chi connectivity index (χ2v) is 8.67. The Morgan fingerprint density at radius 3 is 2.65 bits per heavy atom. The molecule has 0 spiro atoms. The number of alkyl halides is 3. The Morgan fingerprint density at radius 1 is 1.16 bits per heavy atom. The summed E-state index contributed by atoms with van der Waals surface area (Å²) in [5.74, 6) is -1.84. The molecule has 0 saturated carbocycles. The predicted octanol–water partition coefficient (Wildman–Crippen LogP) is 5.09. The normalized spacial score (nSPS) is 15.5. The molecule has 1 aliphatic heterocycles. The van der Waals surface area contributed by atoms with Crippen LogP contribution in [0.4, 0.5) is 22.0 Å². The van der Waals surface area contributed by atoms with E-state index in [-0.39, 0.29) is 29.2 Å². The van der Waals surface area contributed by atoms with Crippen LogP contribution in [0.25, 0.3) is 5.65 Å². The van der Waals surface area contributed by atoms with Crippen molar-refractivity contribution in [1.82, 2.24) is 20.0 Å². The van der Waals surface area contributed by atoms with Crippen molar-refractivity contribution >= 4 is 11.6 Å². The number of rotatable bonds is 5. The maximum Gasteiger partial charge on any atom is 0.416 e. The van der Waals surface area contributed by atoms with Crippen molar-refractivity contribution in [3.8, 4) is 5.75 Å². The van der Waals surface area contributed by atoms with E-state index in [4.69, 9.17) is 4.74 Å². The van der Waals surface area contributed by atoms with E-state index in [9.17, 15) is 26.7 Å². The molecule has 11 heteroatoms. The lowest BCUT2D eigenvalue weighted by Gasteiger charge is -2.28. The highest BCUT2D eigenvalue weighted by molar-refractivity contribution is 5.95. The summed E-state index contributed by atoms with van der Waals surface area (Å²) in [6.45, 7) is 1.85. The van der Waals surface area contributed by atoms with Gasteiger partial charge < -0.3 is 15.4 Å². The first-order valence-electron chi connectivity index (χ1n) is 11.4. The number of benzene rings is 2. The Labute approximate surface area is 208 Å². The number of nitrogens with one attached hydrogen (secondary N) is 2. The van der Waals surface area contributed by atoms with Crippen molar-refractivity contribution in [2.24, 2.45) is 0 Å². The topological polar surface area (TPSA) is 67.7 Å². The maximum atomic E-state index is 14.0. The molecule has 2 aromatic carbocycles. The van der Waals surface area contributed by atoms with Crippen molar-refractivity contribution in [2.75, 3.05) is 6.54 Å². The van der Waals surface area contributed by atoms with Crippen LogP contribution < -0.4 is 15.4 Å². The largest absolute Gasteiger partial charge is 0.485 e. The number of ether oxygens (including phenoxy) is 1. The van der Waals surface area contributed by atoms with Gasteiger partial charge >= 0.3 is 6.18 Å². The lowest BCUT2D eigenvalue weighted by Crippen LogP contribution is -2.40. The second kappa shape index (κ2) is 9.47. The van der Waals surface area contributed by atoms with E-state index in [1.54, 1.807) is 25.3 Å². The van der Waals surface area contributed by atoms with Crippen LogP contribution in [0, 0.1) is 18.6 Å². The molecule has 192 valence electrons. The molecule has 0 bridgehead atoms. The molecule has 0 radical (unpaired) electrons. The minimum Gasteiger partial charge on any atom is -0.485 e. The standard InChI is InChI=1S/C26H21F5N4O2/c1-14-23(25(36)34-21-12-32-11-15-7-8-16(10-17(15)21)26(29,30)31)35-9-3-6-22(24(35)33-14)37-13-18-19(27)4-2-5-20(18)28/h2-10,21,32H,11-13H2,1H3,(H,34,36). The summed E-state index contributed by atoms with van der Waals surface area (Å²) < 4.78 is 75.0. The van der Waals surface area contributed by atoms with Gasteiger partial charge in [0.25, 0.3) is 5.91 Å². The maximum absolute atomic E-state index is 14.0. The number of pyridine rings is 1. The molecule has 1 atom stereocenters. The fraction of sp³-hybridized carbons (Fsp3) is 0.231. The van der Waals surface area contributed by atoms with Gasteiger partial charge in [0.1, 0.15) is 23.9 Å². The lowest BCUT2D eigenvalue weighted by molar-refractivity contribution is -0.137. The molecule has 1 amide bonds. The number of hydrogen-bond donors (Lipinski definition) is 2. The molecule has 2 aromatic heterocycles. The van der Waals surface area contributed by atoms with Gasteiger partial charge in [-0.2, -0.15) is 13.2 Å². The van der Waals surface area contributed by atoms with E-state index in [0.717, 1.165) is 24.3 Å². The summed E-state index contributed by atoms with van der Waals surface area (Å²) in [4.78, 5) is 17.7. The number of halogens is 5. The third kappa shape index (κ3) is 4.74. The predicted molar refractivity (Wildman–Crippen MR) is 124 cm³/mol. The minimum atomic E-state index is -4.51. The molecular weight excluding hydrogens is 495 g/mol. The van der Waals surface area contributed by atoms with Gasteiger partial charge in [-0.15, -0.1) is 0 Å².